The molecule has 0 radical (unpaired) electrons. The van der Waals surface area contributed by atoms with Crippen molar-refractivity contribution in [2.24, 2.45) is 11.8 Å². The second kappa shape index (κ2) is 7.72. The summed E-state index contributed by atoms with van der Waals surface area (Å²) in [6.07, 6.45) is 9.61. The SMILES string of the molecule is CCN(CC(=O)O)C1CC(NC(=O)NC2CC2C2CCCCC2)C1. The molecule has 0 spiro atoms. The molecule has 3 rings (SSSR count). The minimum Gasteiger partial charge on any atom is -0.480 e. The number of carbonyl (C=O) groups excluding carboxylic acids is 1. The van der Waals surface area contributed by atoms with E-state index in [2.05, 4.69) is 10.6 Å². The van der Waals surface area contributed by atoms with E-state index in [0.717, 1.165) is 31.7 Å². The molecule has 2 atom stereocenters. The van der Waals surface area contributed by atoms with Crippen molar-refractivity contribution in [1.82, 2.24) is 15.5 Å². The number of carboxylic acid groups (broad SMARTS) is 1. The number of nitrogens with zero attached hydrogens (tertiary/aromatic N) is 1. The molecule has 6 nitrogen and oxygen atoms in total. The fourth-order valence-electron chi connectivity index (χ4n) is 4.54. The average molecular weight is 337 g/mol. The summed E-state index contributed by atoms with van der Waals surface area (Å²) in [6, 6.07) is 0.809. The quantitative estimate of drug-likeness (QED) is 0.665. The molecule has 3 saturated carbocycles. The van der Waals surface area contributed by atoms with Crippen molar-refractivity contribution in [3.8, 4) is 0 Å². The van der Waals surface area contributed by atoms with Crippen LogP contribution < -0.4 is 10.6 Å². The molecule has 0 aromatic rings. The van der Waals surface area contributed by atoms with Gasteiger partial charge in [-0.3, -0.25) is 9.69 Å². The van der Waals surface area contributed by atoms with Gasteiger partial charge in [-0.15, -0.1) is 0 Å². The van der Waals surface area contributed by atoms with Gasteiger partial charge in [-0.2, -0.15) is 0 Å². The molecule has 6 heteroatoms. The maximum Gasteiger partial charge on any atom is 0.317 e. The topological polar surface area (TPSA) is 81.7 Å². The van der Waals surface area contributed by atoms with Gasteiger partial charge >= 0.3 is 12.0 Å². The second-order valence-corrected chi connectivity index (χ2v) is 7.80. The normalized spacial score (nSPS) is 32.9. The molecule has 2 amide bonds. The van der Waals surface area contributed by atoms with E-state index in [1.807, 2.05) is 11.8 Å². The van der Waals surface area contributed by atoms with Crippen molar-refractivity contribution in [2.45, 2.75) is 76.4 Å². The largest absolute Gasteiger partial charge is 0.480 e. The number of amides is 2. The lowest BCUT2D eigenvalue weighted by Crippen LogP contribution is -2.56. The van der Waals surface area contributed by atoms with Crippen LogP contribution in [0, 0.1) is 11.8 Å². The monoisotopic (exact) mass is 337 g/mol. The minimum absolute atomic E-state index is 0.0388. The molecule has 0 heterocycles. The van der Waals surface area contributed by atoms with Gasteiger partial charge in [-0.05, 0) is 37.6 Å². The van der Waals surface area contributed by atoms with Gasteiger partial charge in [0, 0.05) is 18.1 Å². The summed E-state index contributed by atoms with van der Waals surface area (Å²) >= 11 is 0. The van der Waals surface area contributed by atoms with Crippen LogP contribution in [0.5, 0.6) is 0 Å². The molecule has 3 aliphatic carbocycles. The van der Waals surface area contributed by atoms with E-state index in [1.54, 1.807) is 0 Å². The van der Waals surface area contributed by atoms with Gasteiger partial charge in [0.05, 0.1) is 6.54 Å². The molecule has 0 bridgehead atoms. The third-order valence-electron chi connectivity index (χ3n) is 6.12. The highest BCUT2D eigenvalue weighted by molar-refractivity contribution is 5.75. The number of urea groups is 1. The third-order valence-corrected chi connectivity index (χ3v) is 6.12. The van der Waals surface area contributed by atoms with Crippen LogP contribution in [-0.4, -0.2) is 53.2 Å². The number of hydrogen-bond donors (Lipinski definition) is 3. The van der Waals surface area contributed by atoms with Crippen molar-refractivity contribution in [2.75, 3.05) is 13.1 Å². The van der Waals surface area contributed by atoms with Crippen molar-refractivity contribution in [3.63, 3.8) is 0 Å². The predicted molar refractivity (Wildman–Crippen MR) is 91.8 cm³/mol. The molecule has 3 aliphatic rings. The number of aliphatic carboxylic acids is 1. The highest BCUT2D eigenvalue weighted by Gasteiger charge is 2.44. The van der Waals surface area contributed by atoms with Crippen LogP contribution in [0.3, 0.4) is 0 Å². The Kier molecular flexibility index (Phi) is 5.64. The van der Waals surface area contributed by atoms with Gasteiger partial charge < -0.3 is 15.7 Å². The Morgan fingerprint density at radius 3 is 2.42 bits per heavy atom. The molecule has 0 aromatic carbocycles. The van der Waals surface area contributed by atoms with Crippen LogP contribution in [0.4, 0.5) is 4.79 Å². The van der Waals surface area contributed by atoms with Crippen molar-refractivity contribution < 1.29 is 14.7 Å². The van der Waals surface area contributed by atoms with E-state index in [1.165, 1.54) is 32.1 Å². The molecule has 3 fully saturated rings. The van der Waals surface area contributed by atoms with E-state index < -0.39 is 5.97 Å². The first kappa shape index (κ1) is 17.5. The second-order valence-electron chi connectivity index (χ2n) is 7.80. The standard InChI is InChI=1S/C18H31N3O3/c1-2-21(11-17(22)23)14-8-13(9-14)19-18(24)20-16-10-15(16)12-6-4-3-5-7-12/h12-16H,2-11H2,1H3,(H,22,23)(H2,19,20,24). The molecule has 136 valence electrons. The summed E-state index contributed by atoms with van der Waals surface area (Å²) in [5, 5.41) is 15.1. The molecular formula is C18H31N3O3. The van der Waals surface area contributed by atoms with Gasteiger partial charge in [0.15, 0.2) is 0 Å². The van der Waals surface area contributed by atoms with Crippen LogP contribution >= 0.6 is 0 Å². The summed E-state index contributed by atoms with van der Waals surface area (Å²) in [5.74, 6) is 0.746. The highest BCUT2D eigenvalue weighted by atomic mass is 16.4. The first-order chi connectivity index (χ1) is 11.6. The number of hydrogen-bond acceptors (Lipinski definition) is 3. The minimum atomic E-state index is -0.784. The molecule has 3 N–H and O–H groups in total. The predicted octanol–water partition coefficient (Wildman–Crippen LogP) is 2.19. The average Bonchev–Trinajstić information content (AvgIpc) is 3.28. The van der Waals surface area contributed by atoms with Crippen LogP contribution in [0.2, 0.25) is 0 Å². The van der Waals surface area contributed by atoms with E-state index in [0.29, 0.717) is 12.0 Å². The molecule has 0 aromatic heterocycles. The number of carbonyl (C=O) groups is 2. The number of likely N-dealkylation sites (N-methyl/N-ethyl adjacent to an activating group) is 1. The van der Waals surface area contributed by atoms with Crippen molar-refractivity contribution >= 4 is 12.0 Å². The van der Waals surface area contributed by atoms with E-state index >= 15 is 0 Å². The molecule has 24 heavy (non-hydrogen) atoms. The Hall–Kier alpha value is -1.30. The number of nitrogens with one attached hydrogen (secondary N) is 2. The maximum atomic E-state index is 12.1. The Morgan fingerprint density at radius 1 is 1.08 bits per heavy atom. The Bertz CT molecular complexity index is 458. The fraction of sp³-hybridized carbons (Fsp3) is 0.889. The highest BCUT2D eigenvalue weighted by Crippen LogP contribution is 2.44. The summed E-state index contributed by atoms with van der Waals surface area (Å²) in [7, 11) is 0. The summed E-state index contributed by atoms with van der Waals surface area (Å²) in [5.41, 5.74) is 0. The van der Waals surface area contributed by atoms with Crippen LogP contribution in [0.15, 0.2) is 0 Å². The van der Waals surface area contributed by atoms with Gasteiger partial charge in [0.2, 0.25) is 0 Å². The third kappa shape index (κ3) is 4.41. The van der Waals surface area contributed by atoms with Gasteiger partial charge in [0.25, 0.3) is 0 Å². The van der Waals surface area contributed by atoms with E-state index in [4.69, 9.17) is 5.11 Å². The summed E-state index contributed by atoms with van der Waals surface area (Å²) in [6.45, 7) is 2.81. The molecular weight excluding hydrogens is 306 g/mol. The van der Waals surface area contributed by atoms with Gasteiger partial charge in [-0.25, -0.2) is 4.79 Å². The number of rotatable bonds is 7. The van der Waals surface area contributed by atoms with E-state index in [9.17, 15) is 9.59 Å². The molecule has 0 aliphatic heterocycles. The summed E-state index contributed by atoms with van der Waals surface area (Å²) < 4.78 is 0. The van der Waals surface area contributed by atoms with Crippen molar-refractivity contribution in [3.05, 3.63) is 0 Å². The van der Waals surface area contributed by atoms with Crippen LogP contribution in [0.25, 0.3) is 0 Å². The Labute approximate surface area is 144 Å². The lowest BCUT2D eigenvalue weighted by Gasteiger charge is -2.42. The van der Waals surface area contributed by atoms with Crippen LogP contribution in [-0.2, 0) is 4.79 Å². The summed E-state index contributed by atoms with van der Waals surface area (Å²) in [4.78, 5) is 24.9. The van der Waals surface area contributed by atoms with Crippen LogP contribution in [0.1, 0.15) is 58.3 Å². The molecule has 2 unspecified atom stereocenters. The Balaban J connectivity index is 1.32. The Morgan fingerprint density at radius 2 is 1.79 bits per heavy atom. The van der Waals surface area contributed by atoms with Gasteiger partial charge in [0.1, 0.15) is 0 Å². The lowest BCUT2D eigenvalue weighted by atomic mass is 9.85. The van der Waals surface area contributed by atoms with Gasteiger partial charge in [-0.1, -0.05) is 39.0 Å². The smallest absolute Gasteiger partial charge is 0.317 e. The number of carboxylic acids is 1. The maximum absolute atomic E-state index is 12.1. The zero-order valence-corrected chi connectivity index (χ0v) is 14.7. The zero-order valence-electron chi connectivity index (χ0n) is 14.7. The first-order valence-electron chi connectivity index (χ1n) is 9.59. The van der Waals surface area contributed by atoms with Crippen molar-refractivity contribution in [1.29, 1.82) is 0 Å². The first-order valence-corrected chi connectivity index (χ1v) is 9.59. The fourth-order valence-corrected chi connectivity index (χ4v) is 4.54. The molecule has 0 saturated heterocycles. The lowest BCUT2D eigenvalue weighted by molar-refractivity contribution is -0.139. The van der Waals surface area contributed by atoms with E-state index in [-0.39, 0.29) is 24.7 Å². The zero-order chi connectivity index (χ0) is 17.1.